The highest BCUT2D eigenvalue weighted by atomic mass is 16.5. The van der Waals surface area contributed by atoms with E-state index in [4.69, 9.17) is 15.2 Å². The van der Waals surface area contributed by atoms with Crippen LogP contribution in [0.1, 0.15) is 31.9 Å². The van der Waals surface area contributed by atoms with Gasteiger partial charge in [0.1, 0.15) is 17.2 Å². The summed E-state index contributed by atoms with van der Waals surface area (Å²) in [4.78, 5) is 0. The predicted octanol–water partition coefficient (Wildman–Crippen LogP) is 4.29. The third-order valence-electron chi connectivity index (χ3n) is 3.12. The van der Waals surface area contributed by atoms with Gasteiger partial charge >= 0.3 is 0 Å². The van der Waals surface area contributed by atoms with Crippen molar-refractivity contribution in [2.45, 2.75) is 26.3 Å². The number of ether oxygens (including phenoxy) is 2. The molecule has 106 valence electrons. The zero-order valence-corrected chi connectivity index (χ0v) is 12.0. The van der Waals surface area contributed by atoms with Crippen molar-refractivity contribution in [1.82, 2.24) is 0 Å². The molecule has 0 unspecified atom stereocenters. The molecule has 0 heterocycles. The summed E-state index contributed by atoms with van der Waals surface area (Å²) in [6.07, 6.45) is 0.930. The first-order chi connectivity index (χ1) is 9.72. The molecule has 0 aliphatic heterocycles. The molecule has 0 spiro atoms. The van der Waals surface area contributed by atoms with Crippen molar-refractivity contribution in [2.24, 2.45) is 5.73 Å². The summed E-state index contributed by atoms with van der Waals surface area (Å²) < 4.78 is 11.2. The van der Waals surface area contributed by atoms with Crippen LogP contribution in [0, 0.1) is 0 Å². The lowest BCUT2D eigenvalue weighted by Gasteiger charge is -2.11. The van der Waals surface area contributed by atoms with Crippen molar-refractivity contribution in [3.05, 3.63) is 54.1 Å². The van der Waals surface area contributed by atoms with E-state index in [0.717, 1.165) is 29.2 Å². The van der Waals surface area contributed by atoms with E-state index in [1.54, 1.807) is 0 Å². The van der Waals surface area contributed by atoms with Gasteiger partial charge in [0.2, 0.25) is 0 Å². The molecule has 2 N–H and O–H groups in total. The van der Waals surface area contributed by atoms with Crippen molar-refractivity contribution >= 4 is 0 Å². The minimum atomic E-state index is 0.0922. The number of rotatable bonds is 6. The minimum absolute atomic E-state index is 0.0922. The van der Waals surface area contributed by atoms with Gasteiger partial charge in [-0.25, -0.2) is 0 Å². The van der Waals surface area contributed by atoms with Crippen LogP contribution in [0.3, 0.4) is 0 Å². The van der Waals surface area contributed by atoms with Gasteiger partial charge in [0.15, 0.2) is 0 Å². The van der Waals surface area contributed by atoms with Crippen LogP contribution >= 0.6 is 0 Å². The Hall–Kier alpha value is -2.00. The van der Waals surface area contributed by atoms with E-state index in [-0.39, 0.29) is 6.04 Å². The molecule has 3 heteroatoms. The van der Waals surface area contributed by atoms with Crippen LogP contribution in [-0.4, -0.2) is 6.61 Å². The Bertz CT molecular complexity index is 520. The Morgan fingerprint density at radius 2 is 1.35 bits per heavy atom. The molecule has 1 atom stereocenters. The number of nitrogens with two attached hydrogens (primary N) is 1. The molecule has 0 saturated carbocycles. The molecule has 0 aliphatic carbocycles. The lowest BCUT2D eigenvalue weighted by Crippen LogP contribution is -2.07. The van der Waals surface area contributed by atoms with Gasteiger partial charge < -0.3 is 15.2 Å². The van der Waals surface area contributed by atoms with Crippen LogP contribution in [-0.2, 0) is 0 Å². The monoisotopic (exact) mass is 271 g/mol. The molecule has 2 rings (SSSR count). The number of hydrogen-bond acceptors (Lipinski definition) is 3. The molecule has 0 fully saturated rings. The van der Waals surface area contributed by atoms with Gasteiger partial charge in [0, 0.05) is 6.04 Å². The van der Waals surface area contributed by atoms with Crippen LogP contribution in [0.15, 0.2) is 48.5 Å². The summed E-state index contributed by atoms with van der Waals surface area (Å²) >= 11 is 0. The van der Waals surface area contributed by atoms with Crippen LogP contribution in [0.4, 0.5) is 0 Å². The van der Waals surface area contributed by atoms with E-state index in [1.165, 1.54) is 0 Å². The van der Waals surface area contributed by atoms with Crippen molar-refractivity contribution in [3.8, 4) is 17.2 Å². The van der Waals surface area contributed by atoms with Gasteiger partial charge in [-0.05, 0) is 55.3 Å². The lowest BCUT2D eigenvalue weighted by atomic mass is 10.1. The summed E-state index contributed by atoms with van der Waals surface area (Å²) in [5.41, 5.74) is 7.12. The molecule has 0 aliphatic rings. The fourth-order valence-corrected chi connectivity index (χ4v) is 1.93. The van der Waals surface area contributed by atoms with E-state index in [1.807, 2.05) is 55.5 Å². The quantitative estimate of drug-likeness (QED) is 0.852. The smallest absolute Gasteiger partial charge is 0.127 e. The van der Waals surface area contributed by atoms with Gasteiger partial charge in [-0.1, -0.05) is 19.1 Å². The average Bonchev–Trinajstić information content (AvgIpc) is 2.49. The van der Waals surface area contributed by atoms with Gasteiger partial charge in [-0.3, -0.25) is 0 Å². The molecule has 0 amide bonds. The first kappa shape index (κ1) is 14.4. The third-order valence-corrected chi connectivity index (χ3v) is 3.12. The average molecular weight is 271 g/mol. The van der Waals surface area contributed by atoms with Crippen LogP contribution < -0.4 is 15.2 Å². The number of benzene rings is 2. The molecule has 3 nitrogen and oxygen atoms in total. The SMILES string of the molecule is CCOc1ccc(Oc2ccc([C@@H](N)CC)cc2)cc1. The van der Waals surface area contributed by atoms with Gasteiger partial charge in [-0.15, -0.1) is 0 Å². The zero-order valence-electron chi connectivity index (χ0n) is 12.0. The maximum absolute atomic E-state index is 5.99. The van der Waals surface area contributed by atoms with Gasteiger partial charge in [0.05, 0.1) is 6.61 Å². The molecule has 0 radical (unpaired) electrons. The summed E-state index contributed by atoms with van der Waals surface area (Å²) in [5, 5.41) is 0. The van der Waals surface area contributed by atoms with E-state index in [2.05, 4.69) is 6.92 Å². The van der Waals surface area contributed by atoms with Gasteiger partial charge in [0.25, 0.3) is 0 Å². The highest BCUT2D eigenvalue weighted by Crippen LogP contribution is 2.25. The standard InChI is InChI=1S/C17H21NO2/c1-3-17(18)13-5-7-15(8-6-13)20-16-11-9-14(10-12-16)19-4-2/h5-12,17H,3-4,18H2,1-2H3/t17-/m0/s1. The van der Waals surface area contributed by atoms with Crippen LogP contribution in [0.5, 0.6) is 17.2 Å². The zero-order chi connectivity index (χ0) is 14.4. The summed E-state index contributed by atoms with van der Waals surface area (Å²) in [5.74, 6) is 2.45. The molecule has 0 bridgehead atoms. The lowest BCUT2D eigenvalue weighted by molar-refractivity contribution is 0.339. The van der Waals surface area contributed by atoms with E-state index >= 15 is 0 Å². The molecule has 0 aromatic heterocycles. The highest BCUT2D eigenvalue weighted by molar-refractivity contribution is 5.36. The normalized spacial score (nSPS) is 11.9. The fraction of sp³-hybridized carbons (Fsp3) is 0.294. The highest BCUT2D eigenvalue weighted by Gasteiger charge is 2.03. The fourth-order valence-electron chi connectivity index (χ4n) is 1.93. The van der Waals surface area contributed by atoms with Crippen molar-refractivity contribution in [2.75, 3.05) is 6.61 Å². The van der Waals surface area contributed by atoms with Gasteiger partial charge in [-0.2, -0.15) is 0 Å². The first-order valence-corrected chi connectivity index (χ1v) is 6.99. The molecule has 0 saturated heterocycles. The Kier molecular flexibility index (Phi) is 5.02. The summed E-state index contributed by atoms with van der Waals surface area (Å²) in [6.45, 7) is 4.71. The Morgan fingerprint density at radius 3 is 1.85 bits per heavy atom. The first-order valence-electron chi connectivity index (χ1n) is 6.99. The third kappa shape index (κ3) is 3.75. The molecular weight excluding hydrogens is 250 g/mol. The maximum atomic E-state index is 5.99. The topological polar surface area (TPSA) is 44.5 Å². The van der Waals surface area contributed by atoms with E-state index < -0.39 is 0 Å². The second-order valence-corrected chi connectivity index (χ2v) is 4.59. The molecule has 2 aromatic rings. The second-order valence-electron chi connectivity index (χ2n) is 4.59. The number of hydrogen-bond donors (Lipinski definition) is 1. The molecular formula is C17H21NO2. The Morgan fingerprint density at radius 1 is 0.850 bits per heavy atom. The molecule has 20 heavy (non-hydrogen) atoms. The van der Waals surface area contributed by atoms with Crippen molar-refractivity contribution in [1.29, 1.82) is 0 Å². The summed E-state index contributed by atoms with van der Waals surface area (Å²) in [7, 11) is 0. The van der Waals surface area contributed by atoms with Crippen molar-refractivity contribution in [3.63, 3.8) is 0 Å². The second kappa shape index (κ2) is 6.96. The Labute approximate surface area is 120 Å². The largest absolute Gasteiger partial charge is 0.494 e. The minimum Gasteiger partial charge on any atom is -0.494 e. The predicted molar refractivity (Wildman–Crippen MR) is 81.3 cm³/mol. The van der Waals surface area contributed by atoms with Crippen LogP contribution in [0.25, 0.3) is 0 Å². The summed E-state index contributed by atoms with van der Waals surface area (Å²) in [6, 6.07) is 15.6. The van der Waals surface area contributed by atoms with Crippen LogP contribution in [0.2, 0.25) is 0 Å². The van der Waals surface area contributed by atoms with Crippen molar-refractivity contribution < 1.29 is 9.47 Å². The van der Waals surface area contributed by atoms with E-state index in [9.17, 15) is 0 Å². The molecule has 2 aromatic carbocycles. The van der Waals surface area contributed by atoms with E-state index in [0.29, 0.717) is 6.61 Å². The Balaban J connectivity index is 2.02. The maximum Gasteiger partial charge on any atom is 0.127 e.